The zero-order valence-electron chi connectivity index (χ0n) is 11.5. The van der Waals surface area contributed by atoms with Crippen LogP contribution in [0.5, 0.6) is 0 Å². The average Bonchev–Trinajstić information content (AvgIpc) is 2.51. The molecule has 0 spiro atoms. The largest absolute Gasteiger partial charge is 0.289 e. The molecule has 2 nitrogen and oxygen atoms in total. The predicted molar refractivity (Wildman–Crippen MR) is 85.6 cm³/mol. The van der Waals surface area contributed by atoms with Gasteiger partial charge in [0.25, 0.3) is 0 Å². The van der Waals surface area contributed by atoms with Crippen molar-refractivity contribution in [2.45, 2.75) is 13.3 Å². The molecule has 21 heavy (non-hydrogen) atoms. The second-order valence-corrected chi connectivity index (χ2v) is 6.03. The lowest BCUT2D eigenvalue weighted by molar-refractivity contribution is 0.0973. The van der Waals surface area contributed by atoms with Gasteiger partial charge in [-0.2, -0.15) is 0 Å². The van der Waals surface area contributed by atoms with E-state index in [-0.39, 0.29) is 11.6 Å². The van der Waals surface area contributed by atoms with Crippen molar-refractivity contribution in [3.8, 4) is 0 Å². The smallest absolute Gasteiger partial charge is 0.190 e. The van der Waals surface area contributed by atoms with Crippen molar-refractivity contribution >= 4 is 27.5 Å². The maximum absolute atomic E-state index is 12.6. The van der Waals surface area contributed by atoms with Crippen LogP contribution < -0.4 is 0 Å². The van der Waals surface area contributed by atoms with Crippen LogP contribution in [0.25, 0.3) is 0 Å². The van der Waals surface area contributed by atoms with Crippen LogP contribution in [0.4, 0.5) is 0 Å². The Hall–Kier alpha value is -2.00. The summed E-state index contributed by atoms with van der Waals surface area (Å²) in [5, 5.41) is 0. The number of halogens is 1. The molecule has 0 saturated carbocycles. The number of fused-ring (bicyclic) bond motifs is 1. The van der Waals surface area contributed by atoms with Gasteiger partial charge < -0.3 is 0 Å². The SMILES string of the molecule is CC1=C(Cc2ccc(Br)cc2)C(=O)c2ccccc2C1=O. The molecule has 0 N–H and O–H groups in total. The summed E-state index contributed by atoms with van der Waals surface area (Å²) in [4.78, 5) is 25.0. The van der Waals surface area contributed by atoms with E-state index in [0.717, 1.165) is 10.0 Å². The quantitative estimate of drug-likeness (QED) is 0.812. The van der Waals surface area contributed by atoms with Crippen molar-refractivity contribution in [2.24, 2.45) is 0 Å². The highest BCUT2D eigenvalue weighted by atomic mass is 79.9. The Morgan fingerprint density at radius 2 is 1.43 bits per heavy atom. The predicted octanol–water partition coefficient (Wildman–Crippen LogP) is 4.39. The highest BCUT2D eigenvalue weighted by Crippen LogP contribution is 2.28. The van der Waals surface area contributed by atoms with Crippen molar-refractivity contribution in [3.05, 3.63) is 80.8 Å². The van der Waals surface area contributed by atoms with E-state index in [4.69, 9.17) is 0 Å². The van der Waals surface area contributed by atoms with Crippen molar-refractivity contribution < 1.29 is 9.59 Å². The van der Waals surface area contributed by atoms with Gasteiger partial charge in [0.1, 0.15) is 0 Å². The summed E-state index contributed by atoms with van der Waals surface area (Å²) in [5.41, 5.74) is 3.20. The fraction of sp³-hybridized carbons (Fsp3) is 0.111. The van der Waals surface area contributed by atoms with E-state index in [9.17, 15) is 9.59 Å². The lowest BCUT2D eigenvalue weighted by Crippen LogP contribution is -2.22. The van der Waals surface area contributed by atoms with Crippen LogP contribution in [-0.2, 0) is 6.42 Å². The summed E-state index contributed by atoms with van der Waals surface area (Å²) in [6, 6.07) is 14.8. The van der Waals surface area contributed by atoms with Crippen LogP contribution in [0.1, 0.15) is 33.2 Å². The standard InChI is InChI=1S/C18H13BrO2/c1-11-16(10-12-6-8-13(19)9-7-12)18(21)15-5-3-2-4-14(15)17(11)20/h2-9H,10H2,1H3. The lowest BCUT2D eigenvalue weighted by Gasteiger charge is -2.19. The molecule has 3 rings (SSSR count). The van der Waals surface area contributed by atoms with Crippen LogP contribution >= 0.6 is 15.9 Å². The van der Waals surface area contributed by atoms with E-state index in [1.54, 1.807) is 31.2 Å². The fourth-order valence-corrected chi connectivity index (χ4v) is 2.83. The van der Waals surface area contributed by atoms with E-state index < -0.39 is 0 Å². The Morgan fingerprint density at radius 1 is 0.857 bits per heavy atom. The number of allylic oxidation sites excluding steroid dienone is 2. The van der Waals surface area contributed by atoms with E-state index >= 15 is 0 Å². The van der Waals surface area contributed by atoms with Crippen LogP contribution in [0.2, 0.25) is 0 Å². The number of hydrogen-bond donors (Lipinski definition) is 0. The van der Waals surface area contributed by atoms with Crippen molar-refractivity contribution in [1.82, 2.24) is 0 Å². The molecular formula is C18H13BrO2. The molecule has 0 heterocycles. The molecule has 104 valence electrons. The Bertz CT molecular complexity index is 770. The Balaban J connectivity index is 2.02. The summed E-state index contributed by atoms with van der Waals surface area (Å²) >= 11 is 3.39. The van der Waals surface area contributed by atoms with Gasteiger partial charge in [-0.3, -0.25) is 9.59 Å². The van der Waals surface area contributed by atoms with Crippen molar-refractivity contribution in [1.29, 1.82) is 0 Å². The third kappa shape index (κ3) is 2.49. The van der Waals surface area contributed by atoms with Gasteiger partial charge in [-0.25, -0.2) is 0 Å². The van der Waals surface area contributed by atoms with Gasteiger partial charge in [0.2, 0.25) is 0 Å². The summed E-state index contributed by atoms with van der Waals surface area (Å²) in [6.45, 7) is 1.74. The van der Waals surface area contributed by atoms with Gasteiger partial charge >= 0.3 is 0 Å². The van der Waals surface area contributed by atoms with Gasteiger partial charge in [0, 0.05) is 33.2 Å². The normalized spacial score (nSPS) is 14.4. The highest BCUT2D eigenvalue weighted by Gasteiger charge is 2.29. The van der Waals surface area contributed by atoms with E-state index in [1.165, 1.54) is 0 Å². The number of ketones is 2. The molecule has 0 unspecified atom stereocenters. The van der Waals surface area contributed by atoms with Crippen LogP contribution in [-0.4, -0.2) is 11.6 Å². The Kier molecular flexibility index (Phi) is 3.60. The summed E-state index contributed by atoms with van der Waals surface area (Å²) < 4.78 is 0.994. The first kappa shape index (κ1) is 14.0. The number of Topliss-reactive ketones (excluding diaryl/α,β-unsaturated/α-hetero) is 2. The zero-order valence-corrected chi connectivity index (χ0v) is 13.1. The molecule has 3 heteroatoms. The molecule has 0 aliphatic heterocycles. The van der Waals surface area contributed by atoms with Gasteiger partial charge in [-0.15, -0.1) is 0 Å². The number of carbonyl (C=O) groups is 2. The maximum atomic E-state index is 12.6. The molecule has 2 aromatic carbocycles. The molecule has 0 bridgehead atoms. The summed E-state index contributed by atoms with van der Waals surface area (Å²) in [5.74, 6) is -0.0806. The Labute approximate surface area is 131 Å². The molecule has 1 aliphatic carbocycles. The third-order valence-electron chi connectivity index (χ3n) is 3.78. The van der Waals surface area contributed by atoms with Crippen LogP contribution in [0, 0.1) is 0 Å². The third-order valence-corrected chi connectivity index (χ3v) is 4.31. The first-order valence-corrected chi connectivity index (χ1v) is 7.50. The minimum Gasteiger partial charge on any atom is -0.289 e. The van der Waals surface area contributed by atoms with Crippen LogP contribution in [0.15, 0.2) is 64.1 Å². The minimum atomic E-state index is -0.0442. The van der Waals surface area contributed by atoms with Crippen LogP contribution in [0.3, 0.4) is 0 Å². The number of rotatable bonds is 2. The van der Waals surface area contributed by atoms with Gasteiger partial charge in [-0.1, -0.05) is 52.3 Å². The molecule has 0 amide bonds. The maximum Gasteiger partial charge on any atom is 0.190 e. The minimum absolute atomic E-state index is 0.0365. The number of carbonyl (C=O) groups excluding carboxylic acids is 2. The first-order chi connectivity index (χ1) is 10.1. The monoisotopic (exact) mass is 340 g/mol. The average molecular weight is 341 g/mol. The molecular weight excluding hydrogens is 328 g/mol. The Morgan fingerprint density at radius 3 is 2.05 bits per heavy atom. The van der Waals surface area contributed by atoms with E-state index in [2.05, 4.69) is 15.9 Å². The molecule has 0 fully saturated rings. The summed E-state index contributed by atoms with van der Waals surface area (Å²) in [6.07, 6.45) is 0.484. The molecule has 0 saturated heterocycles. The van der Waals surface area contributed by atoms with Crippen molar-refractivity contribution in [2.75, 3.05) is 0 Å². The molecule has 2 aromatic rings. The lowest BCUT2D eigenvalue weighted by atomic mass is 9.82. The number of benzene rings is 2. The second-order valence-electron chi connectivity index (χ2n) is 5.11. The second kappa shape index (κ2) is 5.41. The summed E-state index contributed by atoms with van der Waals surface area (Å²) in [7, 11) is 0. The molecule has 1 aliphatic rings. The topological polar surface area (TPSA) is 34.1 Å². The van der Waals surface area contributed by atoms with E-state index in [0.29, 0.717) is 28.7 Å². The first-order valence-electron chi connectivity index (χ1n) is 6.70. The van der Waals surface area contributed by atoms with Gasteiger partial charge in [0.15, 0.2) is 11.6 Å². The molecule has 0 aromatic heterocycles. The zero-order chi connectivity index (χ0) is 15.0. The molecule has 0 atom stereocenters. The van der Waals surface area contributed by atoms with Gasteiger partial charge in [-0.05, 0) is 24.6 Å². The fourth-order valence-electron chi connectivity index (χ4n) is 2.57. The number of hydrogen-bond acceptors (Lipinski definition) is 2. The van der Waals surface area contributed by atoms with Crippen molar-refractivity contribution in [3.63, 3.8) is 0 Å². The van der Waals surface area contributed by atoms with Gasteiger partial charge in [0.05, 0.1) is 0 Å². The highest BCUT2D eigenvalue weighted by molar-refractivity contribution is 9.10. The molecule has 0 radical (unpaired) electrons. The van der Waals surface area contributed by atoms with E-state index in [1.807, 2.05) is 24.3 Å².